The number of amides is 1. The van der Waals surface area contributed by atoms with Crippen molar-refractivity contribution in [3.8, 4) is 17.3 Å². The zero-order valence-electron chi connectivity index (χ0n) is 19.3. The molecule has 0 spiro atoms. The number of hydrogen-bond donors (Lipinski definition) is 1. The topological polar surface area (TPSA) is 108 Å². The molecule has 0 aliphatic heterocycles. The summed E-state index contributed by atoms with van der Waals surface area (Å²) in [6, 6.07) is 14.0. The molecule has 35 heavy (non-hydrogen) atoms. The van der Waals surface area contributed by atoms with Crippen molar-refractivity contribution in [1.82, 2.24) is 14.8 Å². The maximum Gasteiger partial charge on any atom is 0.338 e. The Morgan fingerprint density at radius 1 is 1.20 bits per heavy atom. The van der Waals surface area contributed by atoms with E-state index in [1.54, 1.807) is 44.4 Å². The summed E-state index contributed by atoms with van der Waals surface area (Å²) in [7, 11) is 1.59. The summed E-state index contributed by atoms with van der Waals surface area (Å²) < 4.78 is 18.2. The highest BCUT2D eigenvalue weighted by atomic mass is 32.2. The first-order valence-corrected chi connectivity index (χ1v) is 11.8. The Balaban J connectivity index is 1.46. The van der Waals surface area contributed by atoms with Gasteiger partial charge in [0, 0.05) is 17.6 Å². The molecule has 0 bridgehead atoms. The van der Waals surface area contributed by atoms with Crippen LogP contribution in [0.2, 0.25) is 0 Å². The largest absolute Gasteiger partial charge is 0.493 e. The molecule has 9 nitrogen and oxygen atoms in total. The third-order valence-corrected chi connectivity index (χ3v) is 5.96. The number of carbonyl (C=O) groups excluding carboxylic acids is 2. The van der Waals surface area contributed by atoms with Crippen LogP contribution >= 0.6 is 11.8 Å². The fourth-order valence-electron chi connectivity index (χ4n) is 3.41. The number of hydrogen-bond acceptors (Lipinski definition) is 8. The molecular weight excluding hydrogens is 468 g/mol. The van der Waals surface area contributed by atoms with Gasteiger partial charge in [0.15, 0.2) is 22.2 Å². The number of para-hydroxylation sites is 1. The normalized spacial score (nSPS) is 10.8. The van der Waals surface area contributed by atoms with Crippen molar-refractivity contribution < 1.29 is 23.5 Å². The average Bonchev–Trinajstić information content (AvgIpc) is 3.47. The Morgan fingerprint density at radius 2 is 2.00 bits per heavy atom. The van der Waals surface area contributed by atoms with Crippen LogP contribution in [0, 0.1) is 0 Å². The van der Waals surface area contributed by atoms with Crippen LogP contribution in [0.3, 0.4) is 0 Å². The molecule has 2 aromatic carbocycles. The fraction of sp³-hybridized carbons (Fsp3) is 0.200. The van der Waals surface area contributed by atoms with Gasteiger partial charge >= 0.3 is 5.97 Å². The van der Waals surface area contributed by atoms with Gasteiger partial charge in [-0.3, -0.25) is 9.36 Å². The van der Waals surface area contributed by atoms with Crippen LogP contribution < -0.4 is 10.1 Å². The van der Waals surface area contributed by atoms with Gasteiger partial charge in [-0.05, 0) is 43.3 Å². The number of nitrogens with zero attached hydrogens (tertiary/aromatic N) is 3. The van der Waals surface area contributed by atoms with Crippen LogP contribution in [0.4, 0.5) is 5.69 Å². The van der Waals surface area contributed by atoms with E-state index in [-0.39, 0.29) is 11.7 Å². The lowest BCUT2D eigenvalue weighted by molar-refractivity contribution is -0.113. The second kappa shape index (κ2) is 10.9. The summed E-state index contributed by atoms with van der Waals surface area (Å²) >= 11 is 1.25. The number of allylic oxidation sites excluding steroid dienone is 1. The number of ether oxygens (including phenoxy) is 2. The van der Waals surface area contributed by atoms with Gasteiger partial charge in [0.25, 0.3) is 0 Å². The number of rotatable bonds is 10. The number of thioether (sulfide) groups is 1. The second-order valence-electron chi connectivity index (χ2n) is 7.33. The Morgan fingerprint density at radius 3 is 2.71 bits per heavy atom. The molecule has 10 heteroatoms. The lowest BCUT2D eigenvalue weighted by atomic mass is 10.2. The number of benzene rings is 2. The van der Waals surface area contributed by atoms with Crippen LogP contribution in [-0.2, 0) is 16.1 Å². The molecule has 0 unspecified atom stereocenters. The number of anilines is 1. The van der Waals surface area contributed by atoms with Crippen LogP contribution in [0.25, 0.3) is 22.6 Å². The first-order chi connectivity index (χ1) is 17.0. The second-order valence-corrected chi connectivity index (χ2v) is 8.27. The van der Waals surface area contributed by atoms with Gasteiger partial charge in [-0.1, -0.05) is 30.0 Å². The van der Waals surface area contributed by atoms with Crippen LogP contribution in [0.5, 0.6) is 5.75 Å². The molecule has 1 N–H and O–H groups in total. The van der Waals surface area contributed by atoms with E-state index in [4.69, 9.17) is 13.9 Å². The Bertz CT molecular complexity index is 1360. The Hall–Kier alpha value is -4.05. The molecule has 180 valence electrons. The van der Waals surface area contributed by atoms with Crippen LogP contribution in [0.1, 0.15) is 17.3 Å². The van der Waals surface area contributed by atoms with Gasteiger partial charge in [0.1, 0.15) is 0 Å². The molecule has 0 aliphatic carbocycles. The highest BCUT2D eigenvalue weighted by Gasteiger charge is 2.19. The molecule has 4 aromatic rings. The quantitative estimate of drug-likeness (QED) is 0.191. The molecule has 0 atom stereocenters. The van der Waals surface area contributed by atoms with Crippen molar-refractivity contribution in [3.63, 3.8) is 0 Å². The van der Waals surface area contributed by atoms with E-state index < -0.39 is 5.97 Å². The lowest BCUT2D eigenvalue weighted by Gasteiger charge is -2.08. The van der Waals surface area contributed by atoms with E-state index in [1.807, 2.05) is 28.8 Å². The highest BCUT2D eigenvalue weighted by Crippen LogP contribution is 2.33. The van der Waals surface area contributed by atoms with Crippen LogP contribution in [0.15, 0.2) is 70.8 Å². The van der Waals surface area contributed by atoms with Crippen molar-refractivity contribution in [1.29, 1.82) is 0 Å². The van der Waals surface area contributed by atoms with E-state index in [2.05, 4.69) is 22.1 Å². The zero-order valence-corrected chi connectivity index (χ0v) is 20.1. The summed E-state index contributed by atoms with van der Waals surface area (Å²) in [4.78, 5) is 24.3. The minimum atomic E-state index is -0.402. The highest BCUT2D eigenvalue weighted by molar-refractivity contribution is 7.99. The summed E-state index contributed by atoms with van der Waals surface area (Å²) in [6.07, 6.45) is 1.73. The minimum Gasteiger partial charge on any atom is -0.493 e. The summed E-state index contributed by atoms with van der Waals surface area (Å²) in [5, 5.41) is 12.8. The Kier molecular flexibility index (Phi) is 7.51. The number of fused-ring (bicyclic) bond motifs is 1. The molecule has 2 aromatic heterocycles. The van der Waals surface area contributed by atoms with E-state index in [0.717, 1.165) is 5.39 Å². The van der Waals surface area contributed by atoms with Crippen molar-refractivity contribution >= 4 is 40.3 Å². The summed E-state index contributed by atoms with van der Waals surface area (Å²) in [5.74, 6) is 1.19. The molecule has 0 aliphatic rings. The van der Waals surface area contributed by atoms with Gasteiger partial charge in [-0.2, -0.15) is 0 Å². The van der Waals surface area contributed by atoms with Crippen molar-refractivity contribution in [2.45, 2.75) is 18.6 Å². The lowest BCUT2D eigenvalue weighted by Crippen LogP contribution is -2.15. The van der Waals surface area contributed by atoms with E-state index >= 15 is 0 Å². The molecular formula is C25H24N4O5S. The standard InChI is InChI=1S/C25H24N4O5S/c1-4-13-29-23(20-14-17-7-6-8-19(32-3)22(17)34-20)27-28-25(29)35-15-21(30)26-18-11-9-16(10-12-18)24(31)33-5-2/h4,6-12,14H,1,5,13,15H2,2-3H3,(H,26,30). The summed E-state index contributed by atoms with van der Waals surface area (Å²) in [6.45, 7) is 6.31. The summed E-state index contributed by atoms with van der Waals surface area (Å²) in [5.41, 5.74) is 1.63. The van der Waals surface area contributed by atoms with E-state index in [0.29, 0.717) is 52.5 Å². The number of esters is 1. The maximum atomic E-state index is 12.5. The first kappa shape index (κ1) is 24.1. The smallest absolute Gasteiger partial charge is 0.338 e. The minimum absolute atomic E-state index is 0.114. The molecule has 4 rings (SSSR count). The molecule has 0 radical (unpaired) electrons. The molecule has 0 fully saturated rings. The predicted octanol–water partition coefficient (Wildman–Crippen LogP) is 4.79. The number of nitrogens with one attached hydrogen (secondary N) is 1. The third kappa shape index (κ3) is 5.38. The molecule has 0 saturated heterocycles. The maximum absolute atomic E-state index is 12.5. The monoisotopic (exact) mass is 492 g/mol. The van der Waals surface area contributed by atoms with Gasteiger partial charge < -0.3 is 19.2 Å². The van der Waals surface area contributed by atoms with Gasteiger partial charge in [0.2, 0.25) is 11.7 Å². The van der Waals surface area contributed by atoms with Crippen molar-refractivity contribution in [2.24, 2.45) is 0 Å². The van der Waals surface area contributed by atoms with Gasteiger partial charge in [0.05, 0.1) is 25.0 Å². The molecule has 2 heterocycles. The molecule has 0 saturated carbocycles. The Labute approximate surface area is 206 Å². The number of methoxy groups -OCH3 is 1. The van der Waals surface area contributed by atoms with Crippen molar-refractivity contribution in [3.05, 3.63) is 66.7 Å². The zero-order chi connectivity index (χ0) is 24.8. The number of carbonyl (C=O) groups is 2. The van der Waals surface area contributed by atoms with E-state index in [1.165, 1.54) is 11.8 Å². The third-order valence-electron chi connectivity index (χ3n) is 4.99. The SMILES string of the molecule is C=CCn1c(SCC(=O)Nc2ccc(C(=O)OCC)cc2)nnc1-c1cc2cccc(OC)c2o1. The van der Waals surface area contributed by atoms with E-state index in [9.17, 15) is 9.59 Å². The number of furan rings is 1. The average molecular weight is 493 g/mol. The predicted molar refractivity (Wildman–Crippen MR) is 134 cm³/mol. The van der Waals surface area contributed by atoms with Crippen molar-refractivity contribution in [2.75, 3.05) is 24.8 Å². The van der Waals surface area contributed by atoms with Gasteiger partial charge in [-0.25, -0.2) is 4.79 Å². The first-order valence-electron chi connectivity index (χ1n) is 10.8. The fourth-order valence-corrected chi connectivity index (χ4v) is 4.16. The van der Waals surface area contributed by atoms with Gasteiger partial charge in [-0.15, -0.1) is 16.8 Å². The van der Waals surface area contributed by atoms with Crippen LogP contribution in [-0.4, -0.2) is 46.1 Å². The number of aromatic nitrogens is 3. The molecule has 1 amide bonds.